The number of nitrogens with zero attached hydrogens (tertiary/aromatic N) is 3. The molecule has 0 bridgehead atoms. The van der Waals surface area contributed by atoms with Crippen molar-refractivity contribution in [2.45, 2.75) is 26.3 Å². The predicted octanol–water partition coefficient (Wildman–Crippen LogP) is 4.61. The number of halogens is 1. The number of nitrogens with one attached hydrogen (secondary N) is 1. The van der Waals surface area contributed by atoms with E-state index in [0.717, 1.165) is 64.7 Å². The van der Waals surface area contributed by atoms with Crippen LogP contribution in [0, 0.1) is 6.92 Å². The van der Waals surface area contributed by atoms with Gasteiger partial charge >= 0.3 is 0 Å². The van der Waals surface area contributed by atoms with Gasteiger partial charge in [-0.3, -0.25) is 19.5 Å². The van der Waals surface area contributed by atoms with E-state index in [1.165, 1.54) is 0 Å². The van der Waals surface area contributed by atoms with Gasteiger partial charge in [0.1, 0.15) is 0 Å². The fourth-order valence-corrected chi connectivity index (χ4v) is 5.44. The quantitative estimate of drug-likeness (QED) is 0.290. The van der Waals surface area contributed by atoms with Gasteiger partial charge in [0.05, 0.1) is 18.7 Å². The van der Waals surface area contributed by atoms with Crippen molar-refractivity contribution in [3.8, 4) is 11.1 Å². The summed E-state index contributed by atoms with van der Waals surface area (Å²) in [5.74, 6) is -0.216. The second kappa shape index (κ2) is 12.9. The first-order valence-corrected chi connectivity index (χ1v) is 14.4. The molecule has 1 aliphatic rings. The Bertz CT molecular complexity index is 1580. The lowest BCUT2D eigenvalue weighted by atomic mass is 9.99. The van der Waals surface area contributed by atoms with Gasteiger partial charge in [-0.05, 0) is 79.9 Å². The third-order valence-electron chi connectivity index (χ3n) is 7.29. The topological polar surface area (TPSA) is 102 Å². The average molecular weight is 605 g/mol. The van der Waals surface area contributed by atoms with Crippen molar-refractivity contribution < 1.29 is 9.53 Å². The van der Waals surface area contributed by atoms with Gasteiger partial charge in [-0.25, -0.2) is 0 Å². The van der Waals surface area contributed by atoms with Crippen molar-refractivity contribution in [1.29, 1.82) is 0 Å². The van der Waals surface area contributed by atoms with Crippen LogP contribution in [-0.2, 0) is 17.7 Å². The fourth-order valence-electron chi connectivity index (χ4n) is 5.04. The number of anilines is 1. The summed E-state index contributed by atoms with van der Waals surface area (Å²) < 4.78 is 8.21. The Labute approximate surface area is 242 Å². The van der Waals surface area contributed by atoms with Crippen molar-refractivity contribution in [1.82, 2.24) is 14.5 Å². The van der Waals surface area contributed by atoms with Crippen LogP contribution in [0.25, 0.3) is 22.0 Å². The van der Waals surface area contributed by atoms with Gasteiger partial charge in [-0.1, -0.05) is 28.1 Å². The van der Waals surface area contributed by atoms with Crippen molar-refractivity contribution in [3.63, 3.8) is 0 Å². The highest BCUT2D eigenvalue weighted by Gasteiger charge is 2.17. The van der Waals surface area contributed by atoms with Gasteiger partial charge in [0.25, 0.3) is 11.5 Å². The maximum Gasteiger partial charge on any atom is 0.258 e. The molecule has 3 N–H and O–H groups in total. The largest absolute Gasteiger partial charge is 0.379 e. The lowest BCUT2D eigenvalue weighted by Crippen LogP contribution is -2.39. The smallest absolute Gasteiger partial charge is 0.258 e. The number of fused-ring (bicyclic) bond motifs is 1. The highest BCUT2D eigenvalue weighted by Crippen LogP contribution is 2.28. The molecule has 0 radical (unpaired) electrons. The predicted molar refractivity (Wildman–Crippen MR) is 163 cm³/mol. The molecule has 8 nitrogen and oxygen atoms in total. The summed E-state index contributed by atoms with van der Waals surface area (Å²) in [6.45, 7) is 7.01. The Morgan fingerprint density at radius 3 is 2.67 bits per heavy atom. The van der Waals surface area contributed by atoms with E-state index in [0.29, 0.717) is 43.1 Å². The normalized spacial score (nSPS) is 14.0. The van der Waals surface area contributed by atoms with E-state index in [9.17, 15) is 9.59 Å². The molecule has 0 aliphatic carbocycles. The molecule has 2 aromatic carbocycles. The minimum Gasteiger partial charge on any atom is -0.379 e. The van der Waals surface area contributed by atoms with Crippen LogP contribution in [0.3, 0.4) is 0 Å². The number of aromatic nitrogens is 2. The van der Waals surface area contributed by atoms with Crippen LogP contribution in [0.1, 0.15) is 28.0 Å². The van der Waals surface area contributed by atoms with Gasteiger partial charge in [-0.15, -0.1) is 0 Å². The summed E-state index contributed by atoms with van der Waals surface area (Å²) in [6.07, 6.45) is 3.46. The number of benzene rings is 2. The minimum absolute atomic E-state index is 0.0599. The second-order valence-electron chi connectivity index (χ2n) is 10.1. The minimum atomic E-state index is -0.216. The van der Waals surface area contributed by atoms with Gasteiger partial charge in [-0.2, -0.15) is 0 Å². The first kappa shape index (κ1) is 28.2. The second-order valence-corrected chi connectivity index (χ2v) is 11.0. The number of morpholine rings is 1. The Morgan fingerprint density at radius 1 is 1.07 bits per heavy atom. The van der Waals surface area contributed by atoms with Gasteiger partial charge in [0, 0.05) is 64.7 Å². The summed E-state index contributed by atoms with van der Waals surface area (Å²) in [5, 5.41) is 3.88. The Balaban J connectivity index is 1.53. The van der Waals surface area contributed by atoms with Crippen LogP contribution in [0.5, 0.6) is 0 Å². The average Bonchev–Trinajstić information content (AvgIpc) is 2.97. The zero-order chi connectivity index (χ0) is 28.1. The van der Waals surface area contributed by atoms with Crippen LogP contribution in [-0.4, -0.2) is 59.8 Å². The number of carbonyl (C=O) groups is 1. The molecular weight excluding hydrogens is 570 g/mol. The van der Waals surface area contributed by atoms with E-state index in [4.69, 9.17) is 10.5 Å². The molecule has 208 valence electrons. The van der Waals surface area contributed by atoms with E-state index < -0.39 is 0 Å². The summed E-state index contributed by atoms with van der Waals surface area (Å²) in [5.41, 5.74) is 11.0. The van der Waals surface area contributed by atoms with Crippen molar-refractivity contribution in [3.05, 3.63) is 92.4 Å². The summed E-state index contributed by atoms with van der Waals surface area (Å²) in [7, 11) is 0. The summed E-state index contributed by atoms with van der Waals surface area (Å²) in [4.78, 5) is 34.0. The molecule has 0 atom stereocenters. The molecule has 5 rings (SSSR count). The van der Waals surface area contributed by atoms with E-state index in [1.807, 2.05) is 60.2 Å². The van der Waals surface area contributed by atoms with E-state index in [2.05, 4.69) is 31.1 Å². The zero-order valence-corrected chi connectivity index (χ0v) is 24.2. The molecular formula is C31H34BrN5O3. The van der Waals surface area contributed by atoms with Gasteiger partial charge < -0.3 is 20.4 Å². The zero-order valence-electron chi connectivity index (χ0n) is 22.7. The van der Waals surface area contributed by atoms with Gasteiger partial charge in [0.2, 0.25) is 0 Å². The maximum atomic E-state index is 14.1. The molecule has 0 saturated carbocycles. The summed E-state index contributed by atoms with van der Waals surface area (Å²) in [6, 6.07) is 16.9. The number of pyridine rings is 2. The third-order valence-corrected chi connectivity index (χ3v) is 7.78. The first-order chi connectivity index (χ1) is 19.4. The number of ether oxygens (including phenoxy) is 1. The highest BCUT2D eigenvalue weighted by atomic mass is 79.9. The molecule has 1 amide bonds. The third kappa shape index (κ3) is 6.50. The number of carbonyl (C=O) groups excluding carboxylic acids is 1. The van der Waals surface area contributed by atoms with Crippen LogP contribution < -0.4 is 16.6 Å². The van der Waals surface area contributed by atoms with Crippen molar-refractivity contribution in [2.24, 2.45) is 5.73 Å². The number of rotatable bonds is 9. The Morgan fingerprint density at radius 2 is 1.90 bits per heavy atom. The van der Waals surface area contributed by atoms with E-state index in [-0.39, 0.29) is 11.5 Å². The monoisotopic (exact) mass is 603 g/mol. The number of hydrogen-bond donors (Lipinski definition) is 2. The lowest BCUT2D eigenvalue weighted by Gasteiger charge is -2.27. The fraction of sp³-hybridized carbons (Fsp3) is 0.323. The number of hydrogen-bond acceptors (Lipinski definition) is 6. The Hall–Kier alpha value is -3.37. The molecule has 0 spiro atoms. The molecule has 3 heterocycles. The van der Waals surface area contributed by atoms with Crippen LogP contribution >= 0.6 is 15.9 Å². The maximum absolute atomic E-state index is 14.1. The Kier molecular flexibility index (Phi) is 9.06. The molecule has 9 heteroatoms. The van der Waals surface area contributed by atoms with E-state index in [1.54, 1.807) is 12.1 Å². The summed E-state index contributed by atoms with van der Waals surface area (Å²) >= 11 is 3.42. The molecule has 40 heavy (non-hydrogen) atoms. The highest BCUT2D eigenvalue weighted by molar-refractivity contribution is 9.10. The van der Waals surface area contributed by atoms with Crippen LogP contribution in [0.15, 0.2) is 70.1 Å². The standard InChI is InChI=1S/C31H34BrN5O3/c1-21-7-8-26(35-30(38)22-4-2-5-24(32)16-22)18-27(21)28-17-23-20-34-25(6-3-9-33)19-29(23)37(31(28)39)11-10-36-12-14-40-15-13-36/h2,4-5,7-8,16-20H,3,6,9-15,33H2,1H3,(H,35,38). The SMILES string of the molecule is Cc1ccc(NC(=O)c2cccc(Br)c2)cc1-c1cc2cnc(CCCN)cc2n(CCN2CCOCC2)c1=O. The molecule has 1 aliphatic heterocycles. The lowest BCUT2D eigenvalue weighted by molar-refractivity contribution is 0.0364. The molecule has 1 fully saturated rings. The molecule has 0 unspecified atom stereocenters. The molecule has 2 aromatic heterocycles. The number of aryl methyl sites for hydroxylation is 2. The van der Waals surface area contributed by atoms with Gasteiger partial charge in [0.15, 0.2) is 0 Å². The number of nitrogens with two attached hydrogens (primary N) is 1. The van der Waals surface area contributed by atoms with Crippen molar-refractivity contribution >= 4 is 38.4 Å². The molecule has 4 aromatic rings. The van der Waals surface area contributed by atoms with Crippen LogP contribution in [0.2, 0.25) is 0 Å². The first-order valence-electron chi connectivity index (χ1n) is 13.6. The number of amides is 1. The van der Waals surface area contributed by atoms with Crippen LogP contribution in [0.4, 0.5) is 5.69 Å². The van der Waals surface area contributed by atoms with Crippen molar-refractivity contribution in [2.75, 3.05) is 44.7 Å². The van der Waals surface area contributed by atoms with E-state index >= 15 is 0 Å². The molecule has 1 saturated heterocycles.